The Labute approximate surface area is 194 Å². The van der Waals surface area contributed by atoms with Crippen molar-refractivity contribution >= 4 is 50.7 Å². The summed E-state index contributed by atoms with van der Waals surface area (Å²) in [4.78, 5) is 44.6. The summed E-state index contributed by atoms with van der Waals surface area (Å²) in [5.74, 6) is -0.284. The zero-order valence-electron chi connectivity index (χ0n) is 18.1. The maximum Gasteiger partial charge on any atom is 0.263 e. The van der Waals surface area contributed by atoms with E-state index in [0.717, 1.165) is 35.0 Å². The fraction of sp³-hybridized carbons (Fsp3) is 0.391. The third kappa shape index (κ3) is 4.65. The highest BCUT2D eigenvalue weighted by atomic mass is 32.2. The molecule has 1 aliphatic rings. The quantitative estimate of drug-likeness (QED) is 0.220. The van der Waals surface area contributed by atoms with E-state index < -0.39 is 0 Å². The maximum atomic E-state index is 13.4. The number of para-hydroxylation sites is 1. The molecule has 0 saturated heterocycles. The van der Waals surface area contributed by atoms with Crippen LogP contribution in [0, 0.1) is 0 Å². The minimum Gasteiger partial charge on any atom is -0.385 e. The number of aromatic nitrogens is 2. The van der Waals surface area contributed by atoms with Crippen molar-refractivity contribution < 1.29 is 14.3 Å². The van der Waals surface area contributed by atoms with Gasteiger partial charge in [-0.2, -0.15) is 0 Å². The Morgan fingerprint density at radius 3 is 2.88 bits per heavy atom. The lowest BCUT2D eigenvalue weighted by Gasteiger charge is -2.13. The molecule has 1 aliphatic carbocycles. The molecule has 4 rings (SSSR count). The summed E-state index contributed by atoms with van der Waals surface area (Å²) >= 11 is 2.83. The number of anilines is 1. The van der Waals surface area contributed by atoms with Gasteiger partial charge in [-0.05, 0) is 50.3 Å². The van der Waals surface area contributed by atoms with Gasteiger partial charge < -0.3 is 10.1 Å². The Kier molecular flexibility index (Phi) is 7.07. The molecule has 1 amide bonds. The van der Waals surface area contributed by atoms with Crippen molar-refractivity contribution in [3.8, 4) is 0 Å². The third-order valence-corrected chi connectivity index (χ3v) is 7.59. The Bertz CT molecular complexity index is 1230. The third-order valence-electron chi connectivity index (χ3n) is 5.43. The second kappa shape index (κ2) is 9.97. The van der Waals surface area contributed by atoms with Crippen LogP contribution in [-0.2, 0) is 28.9 Å². The number of benzene rings is 1. The van der Waals surface area contributed by atoms with Gasteiger partial charge in [-0.3, -0.25) is 19.0 Å². The molecule has 2 aromatic heterocycles. The monoisotopic (exact) mass is 471 g/mol. The number of methoxy groups -OCH3 is 1. The summed E-state index contributed by atoms with van der Waals surface area (Å²) in [5.41, 5.74) is 2.07. The number of Topliss-reactive ketones (excluding diaryl/α,β-unsaturated/α-hetero) is 1. The number of amides is 1. The van der Waals surface area contributed by atoms with Crippen LogP contribution in [0.1, 0.15) is 40.6 Å². The molecule has 1 aromatic carbocycles. The van der Waals surface area contributed by atoms with Gasteiger partial charge in [0.2, 0.25) is 5.91 Å². The summed E-state index contributed by atoms with van der Waals surface area (Å²) in [5, 5.41) is 4.08. The first-order valence-corrected chi connectivity index (χ1v) is 12.4. The minimum absolute atomic E-state index is 0.0321. The van der Waals surface area contributed by atoms with Crippen LogP contribution in [0.2, 0.25) is 0 Å². The summed E-state index contributed by atoms with van der Waals surface area (Å²) < 4.78 is 6.83. The van der Waals surface area contributed by atoms with Crippen molar-refractivity contribution in [2.45, 2.75) is 44.3 Å². The van der Waals surface area contributed by atoms with Crippen molar-refractivity contribution in [1.82, 2.24) is 9.55 Å². The fourth-order valence-corrected chi connectivity index (χ4v) is 6.08. The molecular formula is C23H25N3O4S2. The van der Waals surface area contributed by atoms with Gasteiger partial charge in [-0.15, -0.1) is 11.3 Å². The summed E-state index contributed by atoms with van der Waals surface area (Å²) in [6.07, 6.45) is 3.69. The molecule has 0 fully saturated rings. The molecule has 0 bridgehead atoms. The molecule has 0 radical (unpaired) electrons. The maximum absolute atomic E-state index is 13.4. The van der Waals surface area contributed by atoms with Crippen molar-refractivity contribution in [2.75, 3.05) is 24.8 Å². The Balaban J connectivity index is 1.58. The number of aryl methyl sites for hydroxylation is 2. The number of ketones is 1. The van der Waals surface area contributed by atoms with Gasteiger partial charge >= 0.3 is 0 Å². The molecular weight excluding hydrogens is 446 g/mol. The standard InChI is InChI=1S/C23H25N3O4S2/c1-14(27)15-7-3-4-9-17(15)24-19(28)13-31-23-25-21-20(16-8-5-10-18(16)32-21)22(29)26(23)11-6-12-30-2/h3-4,7,9H,5-6,8,10-13H2,1-2H3,(H,24,28). The van der Waals surface area contributed by atoms with Gasteiger partial charge in [0.25, 0.3) is 5.56 Å². The van der Waals surface area contributed by atoms with Crippen molar-refractivity contribution in [1.29, 1.82) is 0 Å². The Morgan fingerprint density at radius 2 is 2.09 bits per heavy atom. The van der Waals surface area contributed by atoms with Crippen LogP contribution < -0.4 is 10.9 Å². The SMILES string of the molecule is COCCCn1c(SCC(=O)Nc2ccccc2C(C)=O)nc2sc3c(c2c1=O)CCC3. The zero-order chi connectivity index (χ0) is 22.7. The minimum atomic E-state index is -0.254. The number of thiophene rings is 1. The number of fused-ring (bicyclic) bond motifs is 3. The van der Waals surface area contributed by atoms with E-state index in [1.54, 1.807) is 47.3 Å². The largest absolute Gasteiger partial charge is 0.385 e. The number of thioether (sulfide) groups is 1. The molecule has 9 heteroatoms. The Hall–Kier alpha value is -2.49. The summed E-state index contributed by atoms with van der Waals surface area (Å²) in [7, 11) is 1.63. The van der Waals surface area contributed by atoms with Gasteiger partial charge in [0.1, 0.15) is 4.83 Å². The predicted octanol–water partition coefficient (Wildman–Crippen LogP) is 3.92. The van der Waals surface area contributed by atoms with Crippen LogP contribution in [0.5, 0.6) is 0 Å². The van der Waals surface area contributed by atoms with Crippen molar-refractivity contribution in [2.24, 2.45) is 0 Å². The number of hydrogen-bond acceptors (Lipinski definition) is 7. The van der Waals surface area contributed by atoms with Crippen LogP contribution in [-0.4, -0.2) is 40.7 Å². The van der Waals surface area contributed by atoms with Crippen LogP contribution >= 0.6 is 23.1 Å². The summed E-state index contributed by atoms with van der Waals surface area (Å²) in [6, 6.07) is 6.92. The second-order valence-electron chi connectivity index (χ2n) is 7.67. The smallest absolute Gasteiger partial charge is 0.263 e. The summed E-state index contributed by atoms with van der Waals surface area (Å²) in [6.45, 7) is 2.49. The molecule has 0 aliphatic heterocycles. The number of rotatable bonds is 9. The highest BCUT2D eigenvalue weighted by Gasteiger charge is 2.23. The van der Waals surface area contributed by atoms with E-state index in [0.29, 0.717) is 36.0 Å². The number of nitrogens with one attached hydrogen (secondary N) is 1. The number of ether oxygens (including phenoxy) is 1. The van der Waals surface area contributed by atoms with Crippen LogP contribution in [0.4, 0.5) is 5.69 Å². The van der Waals surface area contributed by atoms with Gasteiger partial charge in [0, 0.05) is 30.7 Å². The lowest BCUT2D eigenvalue weighted by atomic mass is 10.1. The first kappa shape index (κ1) is 22.7. The first-order valence-electron chi connectivity index (χ1n) is 10.6. The molecule has 2 heterocycles. The van der Waals surface area contributed by atoms with Crippen molar-refractivity contribution in [3.05, 3.63) is 50.6 Å². The number of hydrogen-bond donors (Lipinski definition) is 1. The zero-order valence-corrected chi connectivity index (χ0v) is 19.7. The number of carbonyl (C=O) groups is 2. The molecule has 3 aromatic rings. The lowest BCUT2D eigenvalue weighted by Crippen LogP contribution is -2.25. The average Bonchev–Trinajstić information content (AvgIpc) is 3.35. The number of nitrogens with zero attached hydrogens (tertiary/aromatic N) is 2. The van der Waals surface area contributed by atoms with Crippen LogP contribution in [0.25, 0.3) is 10.2 Å². The second-order valence-corrected chi connectivity index (χ2v) is 9.70. The molecule has 1 N–H and O–H groups in total. The van der Waals surface area contributed by atoms with Crippen molar-refractivity contribution in [3.63, 3.8) is 0 Å². The van der Waals surface area contributed by atoms with E-state index in [1.165, 1.54) is 23.6 Å². The van der Waals surface area contributed by atoms with Gasteiger partial charge in [-0.25, -0.2) is 4.98 Å². The van der Waals surface area contributed by atoms with Crippen LogP contribution in [0.15, 0.2) is 34.2 Å². The lowest BCUT2D eigenvalue weighted by molar-refractivity contribution is -0.113. The van der Waals surface area contributed by atoms with Gasteiger partial charge in [0.05, 0.1) is 16.8 Å². The van der Waals surface area contributed by atoms with E-state index in [9.17, 15) is 14.4 Å². The highest BCUT2D eigenvalue weighted by Crippen LogP contribution is 2.35. The molecule has 168 valence electrons. The fourth-order valence-electron chi connectivity index (χ4n) is 3.95. The predicted molar refractivity (Wildman–Crippen MR) is 128 cm³/mol. The topological polar surface area (TPSA) is 90.3 Å². The first-order chi connectivity index (χ1) is 15.5. The Morgan fingerprint density at radius 1 is 1.28 bits per heavy atom. The number of carbonyl (C=O) groups excluding carboxylic acids is 2. The molecule has 0 unspecified atom stereocenters. The molecule has 0 atom stereocenters. The molecule has 7 nitrogen and oxygen atoms in total. The van der Waals surface area contributed by atoms with Crippen LogP contribution in [0.3, 0.4) is 0 Å². The van der Waals surface area contributed by atoms with Gasteiger partial charge in [0.15, 0.2) is 10.9 Å². The van der Waals surface area contributed by atoms with Gasteiger partial charge in [-0.1, -0.05) is 23.9 Å². The average molecular weight is 472 g/mol. The van der Waals surface area contributed by atoms with E-state index in [2.05, 4.69) is 5.32 Å². The van der Waals surface area contributed by atoms with E-state index >= 15 is 0 Å². The normalized spacial score (nSPS) is 12.8. The highest BCUT2D eigenvalue weighted by molar-refractivity contribution is 7.99. The van der Waals surface area contributed by atoms with E-state index in [-0.39, 0.29) is 23.0 Å². The van der Waals surface area contributed by atoms with E-state index in [4.69, 9.17) is 9.72 Å². The molecule has 0 spiro atoms. The molecule has 0 saturated carbocycles. The molecule has 32 heavy (non-hydrogen) atoms. The van der Waals surface area contributed by atoms with E-state index in [1.807, 2.05) is 0 Å².